The second-order valence-electron chi connectivity index (χ2n) is 6.12. The zero-order chi connectivity index (χ0) is 14.4. The largest absolute Gasteiger partial charge is 0.466 e. The Labute approximate surface area is 121 Å². The maximum Gasteiger partial charge on any atom is 0.310 e. The maximum atomic E-state index is 12.3. The van der Waals surface area contributed by atoms with E-state index in [9.17, 15) is 9.59 Å². The highest BCUT2D eigenvalue weighted by Gasteiger charge is 2.29. The highest BCUT2D eigenvalue weighted by atomic mass is 16.5. The van der Waals surface area contributed by atoms with Crippen molar-refractivity contribution in [3.8, 4) is 0 Å². The van der Waals surface area contributed by atoms with Crippen LogP contribution in [0.5, 0.6) is 0 Å². The zero-order valence-electron chi connectivity index (χ0n) is 12.6. The van der Waals surface area contributed by atoms with Gasteiger partial charge in [-0.15, -0.1) is 0 Å². The Hall–Kier alpha value is -1.06. The molecule has 1 aliphatic carbocycles. The number of piperidine rings is 1. The molecule has 1 atom stereocenters. The van der Waals surface area contributed by atoms with Crippen LogP contribution in [0.4, 0.5) is 0 Å². The fourth-order valence-electron chi connectivity index (χ4n) is 3.44. The van der Waals surface area contributed by atoms with Gasteiger partial charge in [-0.3, -0.25) is 9.59 Å². The van der Waals surface area contributed by atoms with Gasteiger partial charge in [-0.2, -0.15) is 0 Å². The van der Waals surface area contributed by atoms with Gasteiger partial charge in [0.15, 0.2) is 0 Å². The number of carbonyl (C=O) groups is 2. The van der Waals surface area contributed by atoms with Crippen molar-refractivity contribution in [1.29, 1.82) is 0 Å². The van der Waals surface area contributed by atoms with Crippen LogP contribution in [0, 0.1) is 11.8 Å². The van der Waals surface area contributed by atoms with Gasteiger partial charge in [-0.05, 0) is 32.1 Å². The molecule has 4 heteroatoms. The normalized spacial score (nSPS) is 23.9. The molecule has 114 valence electrons. The molecule has 1 saturated heterocycles. The van der Waals surface area contributed by atoms with Crippen LogP contribution in [-0.2, 0) is 14.3 Å². The lowest BCUT2D eigenvalue weighted by atomic mass is 9.96. The third kappa shape index (κ3) is 4.22. The standard InChI is InChI=1S/C16H27NO3/c1-2-20-16(19)14-8-5-11-17(12-14)15(18)10-9-13-6-3-4-7-13/h13-14H,2-12H2,1H3. The van der Waals surface area contributed by atoms with E-state index in [4.69, 9.17) is 4.74 Å². The van der Waals surface area contributed by atoms with Gasteiger partial charge in [0, 0.05) is 19.5 Å². The molecule has 4 nitrogen and oxygen atoms in total. The third-order valence-corrected chi connectivity index (χ3v) is 4.64. The van der Waals surface area contributed by atoms with Crippen molar-refractivity contribution in [2.75, 3.05) is 19.7 Å². The molecule has 1 unspecified atom stereocenters. The Morgan fingerprint density at radius 2 is 1.90 bits per heavy atom. The van der Waals surface area contributed by atoms with Crippen molar-refractivity contribution in [3.63, 3.8) is 0 Å². The number of esters is 1. The fourth-order valence-corrected chi connectivity index (χ4v) is 3.44. The van der Waals surface area contributed by atoms with Gasteiger partial charge in [-0.25, -0.2) is 0 Å². The first kappa shape index (κ1) is 15.3. The molecule has 0 spiro atoms. The molecule has 0 N–H and O–H groups in total. The molecule has 0 bridgehead atoms. The average Bonchev–Trinajstić information content (AvgIpc) is 2.98. The lowest BCUT2D eigenvalue weighted by molar-refractivity contribution is -0.151. The monoisotopic (exact) mass is 281 g/mol. The molecular formula is C16H27NO3. The molecule has 1 amide bonds. The van der Waals surface area contributed by atoms with Gasteiger partial charge in [0.1, 0.15) is 0 Å². The zero-order valence-corrected chi connectivity index (χ0v) is 12.6. The minimum atomic E-state index is -0.138. The second-order valence-corrected chi connectivity index (χ2v) is 6.12. The summed E-state index contributed by atoms with van der Waals surface area (Å²) < 4.78 is 5.07. The van der Waals surface area contributed by atoms with E-state index in [0.717, 1.165) is 31.7 Å². The van der Waals surface area contributed by atoms with Crippen LogP contribution in [0.1, 0.15) is 58.3 Å². The number of carbonyl (C=O) groups excluding carboxylic acids is 2. The van der Waals surface area contributed by atoms with E-state index in [1.807, 2.05) is 11.8 Å². The Morgan fingerprint density at radius 1 is 1.15 bits per heavy atom. The number of amides is 1. The Kier molecular flexibility index (Phi) is 5.86. The predicted octanol–water partition coefficient (Wildman–Crippen LogP) is 2.76. The van der Waals surface area contributed by atoms with Crippen LogP contribution in [0.3, 0.4) is 0 Å². The minimum Gasteiger partial charge on any atom is -0.466 e. The summed E-state index contributed by atoms with van der Waals surface area (Å²) >= 11 is 0. The molecule has 0 radical (unpaired) electrons. The van der Waals surface area contributed by atoms with Crippen LogP contribution in [0.15, 0.2) is 0 Å². The van der Waals surface area contributed by atoms with E-state index >= 15 is 0 Å². The smallest absolute Gasteiger partial charge is 0.310 e. The summed E-state index contributed by atoms with van der Waals surface area (Å²) in [6.45, 7) is 3.61. The number of nitrogens with zero attached hydrogens (tertiary/aromatic N) is 1. The molecule has 1 saturated carbocycles. The molecule has 1 aliphatic heterocycles. The average molecular weight is 281 g/mol. The van der Waals surface area contributed by atoms with E-state index < -0.39 is 0 Å². The van der Waals surface area contributed by atoms with Crippen LogP contribution in [-0.4, -0.2) is 36.5 Å². The number of likely N-dealkylation sites (tertiary alicyclic amines) is 1. The SMILES string of the molecule is CCOC(=O)C1CCCN(C(=O)CCC2CCCC2)C1. The van der Waals surface area contributed by atoms with Gasteiger partial charge in [0.2, 0.25) is 5.91 Å². The van der Waals surface area contributed by atoms with Crippen LogP contribution < -0.4 is 0 Å². The molecule has 20 heavy (non-hydrogen) atoms. The number of ether oxygens (including phenoxy) is 1. The number of hydrogen-bond acceptors (Lipinski definition) is 3. The van der Waals surface area contributed by atoms with E-state index in [2.05, 4.69) is 0 Å². The van der Waals surface area contributed by atoms with Crippen LogP contribution in [0.25, 0.3) is 0 Å². The number of hydrogen-bond donors (Lipinski definition) is 0. The van der Waals surface area contributed by atoms with Crippen molar-refractivity contribution >= 4 is 11.9 Å². The first-order valence-corrected chi connectivity index (χ1v) is 8.15. The quantitative estimate of drug-likeness (QED) is 0.728. The Bertz CT molecular complexity index is 337. The summed E-state index contributed by atoms with van der Waals surface area (Å²) in [5.41, 5.74) is 0. The number of rotatable bonds is 5. The van der Waals surface area contributed by atoms with Gasteiger partial charge in [0.05, 0.1) is 12.5 Å². The van der Waals surface area contributed by atoms with E-state index in [-0.39, 0.29) is 17.8 Å². The summed E-state index contributed by atoms with van der Waals surface area (Å²) in [5, 5.41) is 0. The van der Waals surface area contributed by atoms with E-state index in [1.165, 1.54) is 25.7 Å². The van der Waals surface area contributed by atoms with Gasteiger partial charge in [-0.1, -0.05) is 25.7 Å². The maximum absolute atomic E-state index is 12.3. The fraction of sp³-hybridized carbons (Fsp3) is 0.875. The molecule has 2 aliphatic rings. The van der Waals surface area contributed by atoms with Crippen molar-refractivity contribution in [2.45, 2.75) is 58.3 Å². The second kappa shape index (κ2) is 7.65. The highest BCUT2D eigenvalue weighted by molar-refractivity contribution is 5.78. The van der Waals surface area contributed by atoms with Crippen molar-refractivity contribution in [2.24, 2.45) is 11.8 Å². The first-order chi connectivity index (χ1) is 9.70. The molecular weight excluding hydrogens is 254 g/mol. The lowest BCUT2D eigenvalue weighted by Gasteiger charge is -2.31. The van der Waals surface area contributed by atoms with Gasteiger partial charge in [0.25, 0.3) is 0 Å². The summed E-state index contributed by atoms with van der Waals surface area (Å²) in [5.74, 6) is 0.732. The summed E-state index contributed by atoms with van der Waals surface area (Å²) in [4.78, 5) is 25.9. The molecule has 0 aromatic heterocycles. The molecule has 1 heterocycles. The highest BCUT2D eigenvalue weighted by Crippen LogP contribution is 2.29. The Morgan fingerprint density at radius 3 is 2.60 bits per heavy atom. The predicted molar refractivity (Wildman–Crippen MR) is 77.1 cm³/mol. The van der Waals surface area contributed by atoms with Crippen molar-refractivity contribution in [3.05, 3.63) is 0 Å². The molecule has 0 aromatic carbocycles. The Balaban J connectivity index is 1.75. The summed E-state index contributed by atoms with van der Waals surface area (Å²) in [6, 6.07) is 0. The van der Waals surface area contributed by atoms with Gasteiger partial charge >= 0.3 is 5.97 Å². The summed E-state index contributed by atoms with van der Waals surface area (Å²) in [6.07, 6.45) is 8.68. The van der Waals surface area contributed by atoms with E-state index in [1.54, 1.807) is 0 Å². The summed E-state index contributed by atoms with van der Waals surface area (Å²) in [7, 11) is 0. The topological polar surface area (TPSA) is 46.6 Å². The third-order valence-electron chi connectivity index (χ3n) is 4.64. The lowest BCUT2D eigenvalue weighted by Crippen LogP contribution is -2.42. The van der Waals surface area contributed by atoms with E-state index in [0.29, 0.717) is 19.6 Å². The minimum absolute atomic E-state index is 0.112. The molecule has 2 fully saturated rings. The van der Waals surface area contributed by atoms with Crippen LogP contribution in [0.2, 0.25) is 0 Å². The first-order valence-electron chi connectivity index (χ1n) is 8.15. The van der Waals surface area contributed by atoms with Gasteiger partial charge < -0.3 is 9.64 Å². The van der Waals surface area contributed by atoms with Crippen molar-refractivity contribution in [1.82, 2.24) is 4.90 Å². The molecule has 0 aromatic rings. The van der Waals surface area contributed by atoms with Crippen LogP contribution >= 0.6 is 0 Å². The molecule has 2 rings (SSSR count). The van der Waals surface area contributed by atoms with Crippen molar-refractivity contribution < 1.29 is 14.3 Å².